The number of rotatable bonds is 10. The van der Waals surface area contributed by atoms with Gasteiger partial charge in [0.2, 0.25) is 0 Å². The quantitative estimate of drug-likeness (QED) is 0.348. The Kier molecular flexibility index (Phi) is 6.86. The van der Waals surface area contributed by atoms with Gasteiger partial charge in [0.1, 0.15) is 5.78 Å². The molecule has 1 N–H and O–H groups in total. The number of pyridine rings is 1. The lowest BCUT2D eigenvalue weighted by atomic mass is 9.96. The van der Waals surface area contributed by atoms with Crippen LogP contribution in [0.4, 0.5) is 0 Å². The summed E-state index contributed by atoms with van der Waals surface area (Å²) in [5.74, 6) is 1.17. The number of tetrazole rings is 1. The van der Waals surface area contributed by atoms with Crippen molar-refractivity contribution in [2.24, 2.45) is 17.8 Å². The summed E-state index contributed by atoms with van der Waals surface area (Å²) in [5, 5.41) is 14.4. The first-order valence-corrected chi connectivity index (χ1v) is 13.0. The molecule has 192 valence electrons. The highest BCUT2D eigenvalue weighted by Gasteiger charge is 2.56. The normalized spacial score (nSPS) is 18.9. The summed E-state index contributed by atoms with van der Waals surface area (Å²) in [6.07, 6.45) is 8.40. The van der Waals surface area contributed by atoms with Gasteiger partial charge in [0.05, 0.1) is 12.6 Å². The molecule has 37 heavy (non-hydrogen) atoms. The number of aromatic nitrogens is 7. The third-order valence-corrected chi connectivity index (χ3v) is 7.52. The molecule has 0 radical (unpaired) electrons. The number of aromatic amines is 1. The molecule has 0 aliphatic heterocycles. The predicted octanol–water partition coefficient (Wildman–Crippen LogP) is 4.31. The van der Waals surface area contributed by atoms with Gasteiger partial charge in [0.25, 0.3) is 0 Å². The molecule has 9 nitrogen and oxygen atoms in total. The number of imidazole rings is 1. The summed E-state index contributed by atoms with van der Waals surface area (Å²) < 4.78 is 3.69. The van der Waals surface area contributed by atoms with Crippen LogP contribution in [0.25, 0.3) is 22.5 Å². The van der Waals surface area contributed by atoms with Crippen molar-refractivity contribution in [1.29, 1.82) is 0 Å². The van der Waals surface area contributed by atoms with E-state index in [-0.39, 0.29) is 29.4 Å². The Morgan fingerprint density at radius 3 is 2.57 bits per heavy atom. The minimum Gasteiger partial charge on any atom is -0.300 e. The molecule has 3 atom stereocenters. The number of hydrogen-bond donors (Lipinski definition) is 1. The highest BCUT2D eigenvalue weighted by atomic mass is 16.2. The van der Waals surface area contributed by atoms with E-state index in [0.717, 1.165) is 47.2 Å². The number of nitrogens with one attached hydrogen (secondary N) is 1. The van der Waals surface area contributed by atoms with Crippen LogP contribution in [0.2, 0.25) is 0 Å². The average Bonchev–Trinajstić information content (AvgIpc) is 3.26. The number of carbonyl (C=O) groups excluding carboxylic acids is 1. The molecule has 0 bridgehead atoms. The molecule has 3 heterocycles. The predicted molar refractivity (Wildman–Crippen MR) is 141 cm³/mol. The molecule has 1 fully saturated rings. The Hall–Kier alpha value is -3.88. The molecule has 0 amide bonds. The number of benzene rings is 1. The van der Waals surface area contributed by atoms with E-state index in [9.17, 15) is 9.59 Å². The second kappa shape index (κ2) is 10.2. The van der Waals surface area contributed by atoms with Crippen molar-refractivity contribution in [3.05, 3.63) is 70.7 Å². The zero-order valence-electron chi connectivity index (χ0n) is 21.8. The molecule has 1 aliphatic rings. The smallest absolute Gasteiger partial charge is 0.300 e. The number of unbranched alkanes of at least 4 members (excludes halogenated alkanes) is 1. The number of aryl methyl sites for hydroxylation is 1. The van der Waals surface area contributed by atoms with Gasteiger partial charge >= 0.3 is 5.69 Å². The van der Waals surface area contributed by atoms with E-state index in [0.29, 0.717) is 18.3 Å². The Balaban J connectivity index is 1.57. The van der Waals surface area contributed by atoms with Gasteiger partial charge in [-0.2, -0.15) is 0 Å². The lowest BCUT2D eigenvalue weighted by Crippen LogP contribution is -2.26. The molecule has 1 aromatic carbocycles. The van der Waals surface area contributed by atoms with Gasteiger partial charge in [-0.15, -0.1) is 5.10 Å². The molecule has 3 unspecified atom stereocenters. The molecule has 3 aromatic heterocycles. The zero-order valence-corrected chi connectivity index (χ0v) is 21.8. The number of Topliss-reactive ketones (excluding diaryl/α,β-unsaturated/α-hetero) is 1. The minimum atomic E-state index is -0.0936. The van der Waals surface area contributed by atoms with Crippen LogP contribution in [0.1, 0.15) is 57.8 Å². The molecular formula is C28H33N7O2. The van der Waals surface area contributed by atoms with E-state index in [2.05, 4.69) is 46.4 Å². The first kappa shape index (κ1) is 24.8. The molecular weight excluding hydrogens is 466 g/mol. The molecule has 9 heteroatoms. The van der Waals surface area contributed by atoms with Crippen molar-refractivity contribution in [3.63, 3.8) is 0 Å². The fraction of sp³-hybridized carbons (Fsp3) is 0.429. The third kappa shape index (κ3) is 4.65. The Labute approximate surface area is 216 Å². The minimum absolute atomic E-state index is 0.0620. The van der Waals surface area contributed by atoms with Crippen molar-refractivity contribution in [3.8, 4) is 22.5 Å². The Morgan fingerprint density at radius 1 is 1.14 bits per heavy atom. The van der Waals surface area contributed by atoms with Crippen LogP contribution in [0.5, 0.6) is 0 Å². The largest absolute Gasteiger partial charge is 0.328 e. The maximum Gasteiger partial charge on any atom is 0.328 e. The van der Waals surface area contributed by atoms with Gasteiger partial charge in [-0.05, 0) is 64.8 Å². The van der Waals surface area contributed by atoms with Crippen LogP contribution in [0, 0.1) is 17.8 Å². The van der Waals surface area contributed by atoms with E-state index in [1.54, 1.807) is 13.1 Å². The van der Waals surface area contributed by atoms with Crippen molar-refractivity contribution < 1.29 is 4.79 Å². The van der Waals surface area contributed by atoms with Gasteiger partial charge < -0.3 is 0 Å². The van der Waals surface area contributed by atoms with Gasteiger partial charge in [-0.3, -0.25) is 18.9 Å². The maximum atomic E-state index is 13.8. The summed E-state index contributed by atoms with van der Waals surface area (Å²) in [4.78, 5) is 30.6. The van der Waals surface area contributed by atoms with Crippen molar-refractivity contribution in [1.82, 2.24) is 34.7 Å². The van der Waals surface area contributed by atoms with E-state index >= 15 is 0 Å². The number of H-pyrrole nitrogens is 1. The van der Waals surface area contributed by atoms with Crippen molar-refractivity contribution >= 4 is 5.78 Å². The summed E-state index contributed by atoms with van der Waals surface area (Å²) in [7, 11) is 0. The summed E-state index contributed by atoms with van der Waals surface area (Å²) >= 11 is 0. The number of ketones is 1. The van der Waals surface area contributed by atoms with Crippen LogP contribution in [-0.4, -0.2) is 40.5 Å². The van der Waals surface area contributed by atoms with Crippen molar-refractivity contribution in [2.75, 3.05) is 0 Å². The van der Waals surface area contributed by atoms with E-state index in [1.165, 1.54) is 0 Å². The van der Waals surface area contributed by atoms with Gasteiger partial charge in [0.15, 0.2) is 5.82 Å². The molecule has 1 saturated carbocycles. The number of nitrogens with zero attached hydrogens (tertiary/aromatic N) is 6. The van der Waals surface area contributed by atoms with Gasteiger partial charge in [-0.1, -0.05) is 51.5 Å². The molecule has 0 saturated heterocycles. The Bertz CT molecular complexity index is 1450. The van der Waals surface area contributed by atoms with Gasteiger partial charge in [0, 0.05) is 35.8 Å². The molecule has 1 aliphatic carbocycles. The molecule has 4 aromatic rings. The first-order valence-electron chi connectivity index (χ1n) is 13.0. The van der Waals surface area contributed by atoms with Crippen LogP contribution < -0.4 is 5.69 Å². The summed E-state index contributed by atoms with van der Waals surface area (Å²) in [5.41, 5.74) is 4.66. The topological polar surface area (TPSA) is 111 Å². The maximum absolute atomic E-state index is 13.8. The second-order valence-electron chi connectivity index (χ2n) is 10.3. The standard InChI is InChI=1S/C28H33N7O2/c1-5-6-9-20-16-35(26-24(17(2)3)25(26)18(4)36)28(37)34(20)15-19-14-29-13-12-21(19)22-10-7-8-11-23(22)27-30-32-33-31-27/h7-8,10-14,16-17,24-26H,5-6,9,15H2,1-4H3,(H,30,31,32,33). The van der Waals surface area contributed by atoms with E-state index in [4.69, 9.17) is 0 Å². The number of hydrogen-bond acceptors (Lipinski definition) is 6. The Morgan fingerprint density at radius 2 is 1.92 bits per heavy atom. The molecule has 0 spiro atoms. The van der Waals surface area contributed by atoms with Crippen molar-refractivity contribution in [2.45, 2.75) is 59.5 Å². The van der Waals surface area contributed by atoms with E-state index < -0.39 is 0 Å². The molecule has 5 rings (SSSR count). The summed E-state index contributed by atoms with van der Waals surface area (Å²) in [6.45, 7) is 8.44. The van der Waals surface area contributed by atoms with Crippen LogP contribution in [0.3, 0.4) is 0 Å². The second-order valence-corrected chi connectivity index (χ2v) is 10.3. The fourth-order valence-electron chi connectivity index (χ4n) is 5.67. The van der Waals surface area contributed by atoms with E-state index in [1.807, 2.05) is 51.9 Å². The SMILES string of the molecule is CCCCc1cn(C2C(C(C)=O)C2C(C)C)c(=O)n1Cc1cnccc1-c1ccccc1-c1nnn[nH]1. The van der Waals surface area contributed by atoms with Crippen LogP contribution in [0.15, 0.2) is 53.7 Å². The average molecular weight is 500 g/mol. The highest BCUT2D eigenvalue weighted by Crippen LogP contribution is 2.54. The zero-order chi connectivity index (χ0) is 26.1. The third-order valence-electron chi connectivity index (χ3n) is 7.52. The highest BCUT2D eigenvalue weighted by molar-refractivity contribution is 5.82. The lowest BCUT2D eigenvalue weighted by Gasteiger charge is -2.14. The van der Waals surface area contributed by atoms with Crippen LogP contribution >= 0.6 is 0 Å². The fourth-order valence-corrected chi connectivity index (χ4v) is 5.67. The monoisotopic (exact) mass is 499 g/mol. The number of carbonyl (C=O) groups is 1. The van der Waals surface area contributed by atoms with Crippen LogP contribution in [-0.2, 0) is 17.8 Å². The van der Waals surface area contributed by atoms with Gasteiger partial charge in [-0.25, -0.2) is 9.89 Å². The lowest BCUT2D eigenvalue weighted by molar-refractivity contribution is -0.118. The summed E-state index contributed by atoms with van der Waals surface area (Å²) in [6, 6.07) is 9.81. The first-order chi connectivity index (χ1) is 17.9.